The highest BCUT2D eigenvalue weighted by Gasteiger charge is 2.22. The molecule has 0 bridgehead atoms. The Morgan fingerprint density at radius 3 is 2.11 bits per heavy atom. The van der Waals surface area contributed by atoms with Crippen molar-refractivity contribution in [2.75, 3.05) is 12.4 Å². The predicted octanol–water partition coefficient (Wildman–Crippen LogP) is 2.59. The molecule has 0 saturated carbocycles. The Labute approximate surface area is 202 Å². The number of anilines is 1. The summed E-state index contributed by atoms with van der Waals surface area (Å²) in [6.07, 6.45) is -0.886. The summed E-state index contributed by atoms with van der Waals surface area (Å²) in [4.78, 5) is 20.4. The van der Waals surface area contributed by atoms with Crippen LogP contribution in [0.5, 0.6) is 0 Å². The molecule has 0 fully saturated rings. The smallest absolute Gasteiger partial charge is 0.263 e. The van der Waals surface area contributed by atoms with Crippen LogP contribution < -0.4 is 22.7 Å². The second kappa shape index (κ2) is 13.2. The fraction of sp³-hybridized carbons (Fsp3) is 0.0833. The van der Waals surface area contributed by atoms with Crippen LogP contribution in [0.3, 0.4) is 0 Å². The second-order valence-corrected chi connectivity index (χ2v) is 6.81. The number of aliphatic imine (C=N–C) groups is 1. The number of amidine groups is 1. The van der Waals surface area contributed by atoms with Gasteiger partial charge in [-0.05, 0) is 25.2 Å². The number of benzodiazepines with no additional fused rings is 1. The molecule has 1 heterocycles. The van der Waals surface area contributed by atoms with E-state index >= 15 is 0 Å². The molecule has 180 valence electrons. The molecule has 10 N–H and O–H groups in total. The minimum atomic E-state index is -0.886. The Balaban J connectivity index is 0.000000241. The van der Waals surface area contributed by atoms with Gasteiger partial charge in [0.1, 0.15) is 0 Å². The molecular formula is C24H27N9O2. The Hall–Kier alpha value is -4.58. The third-order valence-electron chi connectivity index (χ3n) is 4.67. The molecule has 0 spiro atoms. The van der Waals surface area contributed by atoms with Gasteiger partial charge >= 0.3 is 0 Å². The number of amides is 1. The first kappa shape index (κ1) is 26.7. The average Bonchev–Trinajstić information content (AvgIpc) is 3.05. The van der Waals surface area contributed by atoms with Crippen molar-refractivity contribution >= 4 is 29.0 Å². The Morgan fingerprint density at radius 1 is 0.943 bits per heavy atom. The maximum atomic E-state index is 11.8. The minimum Gasteiger partial charge on any atom is -0.391 e. The third kappa shape index (κ3) is 6.95. The average molecular weight is 474 g/mol. The van der Waals surface area contributed by atoms with E-state index in [2.05, 4.69) is 26.0 Å². The van der Waals surface area contributed by atoms with Crippen molar-refractivity contribution in [3.05, 3.63) is 101 Å². The van der Waals surface area contributed by atoms with Gasteiger partial charge in [-0.25, -0.2) is 5.53 Å². The summed E-state index contributed by atoms with van der Waals surface area (Å²) in [6.45, 7) is 0. The molecule has 1 aliphatic rings. The highest BCUT2D eigenvalue weighted by molar-refractivity contribution is 6.19. The second-order valence-electron chi connectivity index (χ2n) is 6.81. The Bertz CT molecular complexity index is 1210. The molecule has 1 amide bonds. The first-order valence-electron chi connectivity index (χ1n) is 10.3. The number of hydrogen-bond acceptors (Lipinski definition) is 9. The van der Waals surface area contributed by atoms with E-state index in [0.29, 0.717) is 11.1 Å². The van der Waals surface area contributed by atoms with Gasteiger partial charge in [0.2, 0.25) is 5.90 Å². The van der Waals surface area contributed by atoms with Gasteiger partial charge in [0.25, 0.3) is 5.91 Å². The first-order chi connectivity index (χ1) is 16.9. The van der Waals surface area contributed by atoms with Crippen LogP contribution in [-0.2, 0) is 9.63 Å². The third-order valence-corrected chi connectivity index (χ3v) is 4.67. The summed E-state index contributed by atoms with van der Waals surface area (Å²) in [5.74, 6) is 4.24. The number of nitrogens with zero attached hydrogens (tertiary/aromatic N) is 2. The summed E-state index contributed by atoms with van der Waals surface area (Å²) in [6, 6.07) is 23.6. The van der Waals surface area contributed by atoms with Gasteiger partial charge in [0, 0.05) is 22.3 Å². The zero-order chi connectivity index (χ0) is 25.8. The van der Waals surface area contributed by atoms with Crippen molar-refractivity contribution in [2.45, 2.75) is 6.17 Å². The van der Waals surface area contributed by atoms with Gasteiger partial charge in [-0.1, -0.05) is 60.7 Å². The molecule has 35 heavy (non-hydrogen) atoms. The largest absolute Gasteiger partial charge is 0.391 e. The Kier molecular flexibility index (Phi) is 10.1. The maximum absolute atomic E-state index is 11.8. The number of carbonyl (C=O) groups excluding carboxylic acids is 1. The van der Waals surface area contributed by atoms with E-state index in [1.54, 1.807) is 24.3 Å². The lowest BCUT2D eigenvalue weighted by Crippen LogP contribution is -2.33. The van der Waals surface area contributed by atoms with Crippen molar-refractivity contribution in [2.24, 2.45) is 27.5 Å². The summed E-state index contributed by atoms with van der Waals surface area (Å²) in [5.41, 5.74) is 21.2. The van der Waals surface area contributed by atoms with Crippen LogP contribution in [0.25, 0.3) is 0 Å². The molecule has 4 rings (SSSR count). The summed E-state index contributed by atoms with van der Waals surface area (Å²) in [7, 11) is 1.50. The fourth-order valence-corrected chi connectivity index (χ4v) is 3.01. The summed E-state index contributed by atoms with van der Waals surface area (Å²) in [5, 5.41) is 20.2. The number of fused-ring (bicyclic) bond motifs is 1. The van der Waals surface area contributed by atoms with Crippen molar-refractivity contribution < 1.29 is 9.63 Å². The molecule has 0 aromatic heterocycles. The lowest BCUT2D eigenvalue weighted by atomic mass is 10.0. The number of nitrogens with two attached hydrogens (primary N) is 3. The van der Waals surface area contributed by atoms with Crippen molar-refractivity contribution in [1.29, 1.82) is 16.3 Å². The van der Waals surface area contributed by atoms with Crippen LogP contribution in [0, 0.1) is 16.3 Å². The van der Waals surface area contributed by atoms with E-state index in [1.807, 2.05) is 54.6 Å². The monoisotopic (exact) mass is 473 g/mol. The number of hydrogen-bond donors (Lipinski definition) is 7. The Morgan fingerprint density at radius 2 is 1.51 bits per heavy atom. The number of nitrogens with one attached hydrogen (secondary N) is 4. The van der Waals surface area contributed by atoms with Gasteiger partial charge < -0.3 is 21.6 Å². The first-order valence-corrected chi connectivity index (χ1v) is 10.3. The molecule has 0 saturated heterocycles. The lowest BCUT2D eigenvalue weighted by Gasteiger charge is -2.09. The number of rotatable bonds is 3. The van der Waals surface area contributed by atoms with Gasteiger partial charge in [-0.2, -0.15) is 5.90 Å². The summed E-state index contributed by atoms with van der Waals surface area (Å²) < 4.78 is 0. The molecule has 0 radical (unpaired) electrons. The van der Waals surface area contributed by atoms with Crippen molar-refractivity contribution in [3.8, 4) is 0 Å². The number of benzene rings is 3. The highest BCUT2D eigenvalue weighted by atomic mass is 16.6. The molecule has 3 aromatic carbocycles. The van der Waals surface area contributed by atoms with Crippen LogP contribution in [0.4, 0.5) is 5.69 Å². The van der Waals surface area contributed by atoms with E-state index in [-0.39, 0.29) is 17.6 Å². The predicted molar refractivity (Wildman–Crippen MR) is 136 cm³/mol. The van der Waals surface area contributed by atoms with Crippen LogP contribution >= 0.6 is 0 Å². The molecule has 1 atom stereocenters. The molecule has 1 unspecified atom stereocenters. The quantitative estimate of drug-likeness (QED) is 0.132. The molecule has 1 aliphatic heterocycles. The zero-order valence-corrected chi connectivity index (χ0v) is 19.0. The molecule has 11 heteroatoms. The van der Waals surface area contributed by atoms with Crippen LogP contribution in [0.1, 0.15) is 22.3 Å². The minimum absolute atomic E-state index is 0.128. The topological polar surface area (TPSA) is 213 Å². The van der Waals surface area contributed by atoms with Gasteiger partial charge in [0.15, 0.2) is 12.0 Å². The molecular weight excluding hydrogens is 446 g/mol. The van der Waals surface area contributed by atoms with E-state index in [0.717, 1.165) is 22.5 Å². The normalized spacial score (nSPS) is 13.7. The van der Waals surface area contributed by atoms with Crippen LogP contribution in [0.2, 0.25) is 0 Å². The number of carbonyl (C=O) groups is 1. The summed E-state index contributed by atoms with van der Waals surface area (Å²) >= 11 is 0. The van der Waals surface area contributed by atoms with E-state index in [1.165, 1.54) is 7.05 Å². The van der Waals surface area contributed by atoms with E-state index in [4.69, 9.17) is 28.0 Å². The van der Waals surface area contributed by atoms with E-state index < -0.39 is 6.17 Å². The zero-order valence-electron chi connectivity index (χ0n) is 19.0. The van der Waals surface area contributed by atoms with Crippen LogP contribution in [-0.4, -0.2) is 36.6 Å². The molecule has 11 nitrogen and oxygen atoms in total. The molecule has 3 aromatic rings. The van der Waals surface area contributed by atoms with Gasteiger partial charge in [-0.3, -0.25) is 20.6 Å². The van der Waals surface area contributed by atoms with Crippen molar-refractivity contribution in [1.82, 2.24) is 0 Å². The van der Waals surface area contributed by atoms with E-state index in [9.17, 15) is 4.79 Å². The SMILES string of the molecule is CN.N=NC(=N)c1ccc(C(=N)ON)cc1.NC1N=C(c2ccccc2)c2ccccc2NC1=O. The highest BCUT2D eigenvalue weighted by Crippen LogP contribution is 2.23. The standard InChI is InChI=1S/C15H13N3O.C8H9N5O.CH5N/c16-14-15(19)17-12-9-5-4-8-11(12)13(18-14)10-6-2-1-3-7-10;9-7(13-11)5-1-3-6(4-2-5)8(10)14-12;1-2/h1-9,14H,16H2,(H,17,19);1-4,9-11H,12H2;2H2,1H3. The van der Waals surface area contributed by atoms with Gasteiger partial charge in [-0.15, -0.1) is 5.11 Å². The number of para-hydroxylation sites is 1. The van der Waals surface area contributed by atoms with Gasteiger partial charge in [0.05, 0.1) is 11.4 Å². The van der Waals surface area contributed by atoms with Crippen LogP contribution in [0.15, 0.2) is 89.0 Å². The fourth-order valence-electron chi connectivity index (χ4n) is 3.01. The molecule has 0 aliphatic carbocycles. The lowest BCUT2D eigenvalue weighted by molar-refractivity contribution is -0.117. The maximum Gasteiger partial charge on any atom is 0.263 e. The van der Waals surface area contributed by atoms with Crippen molar-refractivity contribution in [3.63, 3.8) is 0 Å².